The number of hydrogen-bond donors (Lipinski definition) is 1. The maximum Gasteiger partial charge on any atom is 0.115 e. The van der Waals surface area contributed by atoms with E-state index in [1.165, 1.54) is 48.8 Å². The SMILES string of the molecule is CC(NCc1cn(C)nc1-c1ccc(C2CCCCC2)cc1)c1ccncn1. The number of aryl methyl sites for hydroxylation is 1. The first-order chi connectivity index (χ1) is 13.7. The van der Waals surface area contributed by atoms with Crippen LogP contribution in [0.5, 0.6) is 0 Å². The van der Waals surface area contributed by atoms with Gasteiger partial charge in [-0.3, -0.25) is 4.68 Å². The van der Waals surface area contributed by atoms with E-state index in [-0.39, 0.29) is 6.04 Å². The predicted molar refractivity (Wildman–Crippen MR) is 112 cm³/mol. The van der Waals surface area contributed by atoms with Crippen LogP contribution in [0, 0.1) is 0 Å². The molecule has 3 aromatic rings. The van der Waals surface area contributed by atoms with Crippen molar-refractivity contribution in [3.05, 3.63) is 65.9 Å². The van der Waals surface area contributed by atoms with Crippen molar-refractivity contribution in [1.29, 1.82) is 0 Å². The van der Waals surface area contributed by atoms with Crippen molar-refractivity contribution in [3.63, 3.8) is 0 Å². The fraction of sp³-hybridized carbons (Fsp3) is 0.435. The average Bonchev–Trinajstić information content (AvgIpc) is 3.14. The minimum Gasteiger partial charge on any atom is -0.305 e. The highest BCUT2D eigenvalue weighted by Gasteiger charge is 2.17. The summed E-state index contributed by atoms with van der Waals surface area (Å²) in [5.41, 5.74) is 5.93. The zero-order valence-corrected chi connectivity index (χ0v) is 16.8. The third-order valence-corrected chi connectivity index (χ3v) is 5.81. The van der Waals surface area contributed by atoms with E-state index in [0.29, 0.717) is 0 Å². The van der Waals surface area contributed by atoms with E-state index in [1.54, 1.807) is 12.5 Å². The molecule has 2 aromatic heterocycles. The minimum atomic E-state index is 0.157. The van der Waals surface area contributed by atoms with Gasteiger partial charge in [0.05, 0.1) is 11.4 Å². The van der Waals surface area contributed by atoms with Gasteiger partial charge < -0.3 is 5.32 Å². The van der Waals surface area contributed by atoms with Crippen molar-refractivity contribution in [2.45, 2.75) is 57.5 Å². The Bertz CT molecular complexity index is 879. The lowest BCUT2D eigenvalue weighted by Gasteiger charge is -2.22. The number of hydrogen-bond acceptors (Lipinski definition) is 4. The molecular formula is C23H29N5. The molecule has 2 heterocycles. The summed E-state index contributed by atoms with van der Waals surface area (Å²) in [6.45, 7) is 2.87. The van der Waals surface area contributed by atoms with Gasteiger partial charge in [-0.25, -0.2) is 9.97 Å². The largest absolute Gasteiger partial charge is 0.305 e. The number of rotatable bonds is 6. The van der Waals surface area contributed by atoms with Crippen LogP contribution in [-0.4, -0.2) is 19.7 Å². The molecule has 5 heteroatoms. The fourth-order valence-electron chi connectivity index (χ4n) is 4.18. The highest BCUT2D eigenvalue weighted by Crippen LogP contribution is 2.33. The van der Waals surface area contributed by atoms with Gasteiger partial charge in [0.15, 0.2) is 0 Å². The molecule has 0 bridgehead atoms. The molecule has 0 spiro atoms. The summed E-state index contributed by atoms with van der Waals surface area (Å²) in [4.78, 5) is 8.33. The Balaban J connectivity index is 1.48. The Hall–Kier alpha value is -2.53. The van der Waals surface area contributed by atoms with Crippen molar-refractivity contribution in [1.82, 2.24) is 25.1 Å². The first kappa shape index (κ1) is 18.8. The van der Waals surface area contributed by atoms with Crippen LogP contribution >= 0.6 is 0 Å². The van der Waals surface area contributed by atoms with Gasteiger partial charge in [-0.2, -0.15) is 5.10 Å². The molecule has 1 saturated carbocycles. The Morgan fingerprint density at radius 2 is 1.89 bits per heavy atom. The summed E-state index contributed by atoms with van der Waals surface area (Å²) in [7, 11) is 1.98. The van der Waals surface area contributed by atoms with Gasteiger partial charge in [0.1, 0.15) is 6.33 Å². The van der Waals surface area contributed by atoms with Gasteiger partial charge in [0.25, 0.3) is 0 Å². The maximum absolute atomic E-state index is 4.72. The maximum atomic E-state index is 4.72. The Morgan fingerprint density at radius 3 is 2.61 bits per heavy atom. The third-order valence-electron chi connectivity index (χ3n) is 5.81. The lowest BCUT2D eigenvalue weighted by molar-refractivity contribution is 0.443. The lowest BCUT2D eigenvalue weighted by Crippen LogP contribution is -2.19. The fourth-order valence-corrected chi connectivity index (χ4v) is 4.18. The lowest BCUT2D eigenvalue weighted by atomic mass is 9.84. The van der Waals surface area contributed by atoms with Crippen LogP contribution in [0.3, 0.4) is 0 Å². The number of nitrogens with zero attached hydrogens (tertiary/aromatic N) is 4. The highest BCUT2D eigenvalue weighted by atomic mass is 15.3. The van der Waals surface area contributed by atoms with Gasteiger partial charge >= 0.3 is 0 Å². The molecule has 1 atom stereocenters. The summed E-state index contributed by atoms with van der Waals surface area (Å²) in [5, 5.41) is 8.28. The molecule has 1 unspecified atom stereocenters. The van der Waals surface area contributed by atoms with E-state index in [1.807, 2.05) is 17.8 Å². The number of aromatic nitrogens is 4. The summed E-state index contributed by atoms with van der Waals surface area (Å²) in [5.74, 6) is 0.737. The highest BCUT2D eigenvalue weighted by molar-refractivity contribution is 5.63. The second kappa shape index (κ2) is 8.65. The van der Waals surface area contributed by atoms with Crippen LogP contribution in [0.1, 0.15) is 67.8 Å². The summed E-state index contributed by atoms with van der Waals surface area (Å²) in [6.07, 6.45) is 12.3. The monoisotopic (exact) mass is 375 g/mol. The number of nitrogens with one attached hydrogen (secondary N) is 1. The van der Waals surface area contributed by atoms with Gasteiger partial charge in [0.2, 0.25) is 0 Å². The van der Waals surface area contributed by atoms with E-state index in [2.05, 4.69) is 52.7 Å². The van der Waals surface area contributed by atoms with E-state index in [9.17, 15) is 0 Å². The zero-order chi connectivity index (χ0) is 19.3. The van der Waals surface area contributed by atoms with E-state index in [4.69, 9.17) is 5.10 Å². The van der Waals surface area contributed by atoms with Gasteiger partial charge in [-0.15, -0.1) is 0 Å². The first-order valence-corrected chi connectivity index (χ1v) is 10.3. The third kappa shape index (κ3) is 4.30. The molecule has 0 saturated heterocycles. The number of benzene rings is 1. The Morgan fingerprint density at radius 1 is 1.11 bits per heavy atom. The topological polar surface area (TPSA) is 55.6 Å². The van der Waals surface area contributed by atoms with E-state index >= 15 is 0 Å². The molecule has 1 aliphatic rings. The second-order valence-corrected chi connectivity index (χ2v) is 7.87. The summed E-state index contributed by atoms with van der Waals surface area (Å²) < 4.78 is 1.90. The van der Waals surface area contributed by atoms with Gasteiger partial charge in [0, 0.05) is 43.2 Å². The van der Waals surface area contributed by atoms with Crippen molar-refractivity contribution >= 4 is 0 Å². The smallest absolute Gasteiger partial charge is 0.115 e. The Kier molecular flexibility index (Phi) is 5.81. The summed E-state index contributed by atoms with van der Waals surface area (Å²) in [6, 6.07) is 11.2. The van der Waals surface area contributed by atoms with Crippen LogP contribution in [0.4, 0.5) is 0 Å². The van der Waals surface area contributed by atoms with E-state index in [0.717, 1.165) is 23.9 Å². The van der Waals surface area contributed by atoms with Gasteiger partial charge in [-0.05, 0) is 37.3 Å². The zero-order valence-electron chi connectivity index (χ0n) is 16.8. The molecule has 0 aliphatic heterocycles. The normalized spacial score (nSPS) is 16.2. The molecule has 0 radical (unpaired) electrons. The summed E-state index contributed by atoms with van der Waals surface area (Å²) >= 11 is 0. The quantitative estimate of drug-likeness (QED) is 0.674. The molecule has 0 amide bonds. The molecule has 1 aromatic carbocycles. The molecule has 4 rings (SSSR count). The van der Waals surface area contributed by atoms with Crippen LogP contribution in [0.25, 0.3) is 11.3 Å². The van der Waals surface area contributed by atoms with Crippen LogP contribution in [-0.2, 0) is 13.6 Å². The molecule has 1 aliphatic carbocycles. The van der Waals surface area contributed by atoms with Crippen LogP contribution in [0.2, 0.25) is 0 Å². The predicted octanol–water partition coefficient (Wildman–Crippen LogP) is 4.78. The van der Waals surface area contributed by atoms with Crippen molar-refractivity contribution in [3.8, 4) is 11.3 Å². The molecule has 1 fully saturated rings. The van der Waals surface area contributed by atoms with Crippen molar-refractivity contribution in [2.75, 3.05) is 0 Å². The second-order valence-electron chi connectivity index (χ2n) is 7.87. The Labute approximate surface area is 167 Å². The van der Waals surface area contributed by atoms with Crippen LogP contribution < -0.4 is 5.32 Å². The first-order valence-electron chi connectivity index (χ1n) is 10.3. The minimum absolute atomic E-state index is 0.157. The van der Waals surface area contributed by atoms with Crippen molar-refractivity contribution in [2.24, 2.45) is 7.05 Å². The van der Waals surface area contributed by atoms with E-state index < -0.39 is 0 Å². The molecule has 28 heavy (non-hydrogen) atoms. The van der Waals surface area contributed by atoms with Crippen LogP contribution in [0.15, 0.2) is 49.1 Å². The molecule has 146 valence electrons. The van der Waals surface area contributed by atoms with Crippen molar-refractivity contribution < 1.29 is 0 Å². The standard InChI is InChI=1S/C23H29N5/c1-17(22-12-13-24-16-26-22)25-14-21-15-28(2)27-23(21)20-10-8-19(9-11-20)18-6-4-3-5-7-18/h8-13,15-18,25H,3-7,14H2,1-2H3. The molecule has 5 nitrogen and oxygen atoms in total. The van der Waals surface area contributed by atoms with Gasteiger partial charge in [-0.1, -0.05) is 43.5 Å². The average molecular weight is 376 g/mol. The molecular weight excluding hydrogens is 346 g/mol. The molecule has 1 N–H and O–H groups in total.